The van der Waals surface area contributed by atoms with Gasteiger partial charge in [0.2, 0.25) is 5.91 Å². The summed E-state index contributed by atoms with van der Waals surface area (Å²) in [4.78, 5) is 19.5. The maximum absolute atomic E-state index is 13.6. The van der Waals surface area contributed by atoms with Gasteiger partial charge in [-0.3, -0.25) is 4.79 Å². The highest BCUT2D eigenvalue weighted by molar-refractivity contribution is 5.95. The van der Waals surface area contributed by atoms with Crippen LogP contribution in [0.5, 0.6) is 0 Å². The molecule has 0 fully saturated rings. The molecule has 0 atom stereocenters. The van der Waals surface area contributed by atoms with Gasteiger partial charge < -0.3 is 4.90 Å². The Labute approximate surface area is 180 Å². The van der Waals surface area contributed by atoms with E-state index in [0.29, 0.717) is 24.1 Å². The summed E-state index contributed by atoms with van der Waals surface area (Å²) < 4.78 is 15.4. The summed E-state index contributed by atoms with van der Waals surface area (Å²) in [7, 11) is 0. The Bertz CT molecular complexity index is 1310. The number of hydrogen-bond acceptors (Lipinski definition) is 3. The molecule has 5 rings (SSSR count). The van der Waals surface area contributed by atoms with E-state index in [0.717, 1.165) is 41.3 Å². The van der Waals surface area contributed by atoms with Gasteiger partial charge in [-0.15, -0.1) is 0 Å². The molecule has 1 aliphatic heterocycles. The molecule has 3 heterocycles. The summed E-state index contributed by atoms with van der Waals surface area (Å²) in [6.07, 6.45) is 1.93. The van der Waals surface area contributed by atoms with Crippen molar-refractivity contribution in [1.82, 2.24) is 14.6 Å². The molecule has 0 unspecified atom stereocenters. The molecule has 2 aromatic heterocycles. The number of benzene rings is 2. The maximum Gasteiger partial charge on any atom is 0.227 e. The summed E-state index contributed by atoms with van der Waals surface area (Å²) in [6, 6.07) is 16.4. The lowest BCUT2D eigenvalue weighted by molar-refractivity contribution is -0.118. The SMILES string of the molecule is Cc1nc2cc(-c3cccc(F)c3)nn2c(C)c1CCC(=O)N1CCc2ccccc21. The van der Waals surface area contributed by atoms with Crippen molar-refractivity contribution >= 4 is 17.2 Å². The highest BCUT2D eigenvalue weighted by atomic mass is 19.1. The zero-order valence-electron chi connectivity index (χ0n) is 17.6. The van der Waals surface area contributed by atoms with Crippen LogP contribution in [-0.4, -0.2) is 27.0 Å². The Morgan fingerprint density at radius 2 is 1.94 bits per heavy atom. The van der Waals surface area contributed by atoms with Crippen molar-refractivity contribution in [2.24, 2.45) is 0 Å². The molecule has 0 saturated carbocycles. The van der Waals surface area contributed by atoms with E-state index in [9.17, 15) is 9.18 Å². The number of aryl methyl sites for hydroxylation is 2. The van der Waals surface area contributed by atoms with E-state index in [1.807, 2.05) is 49.1 Å². The Kier molecular flexibility index (Phi) is 4.77. The van der Waals surface area contributed by atoms with Gasteiger partial charge in [0.1, 0.15) is 5.82 Å². The van der Waals surface area contributed by atoms with Crippen molar-refractivity contribution in [3.05, 3.63) is 82.9 Å². The van der Waals surface area contributed by atoms with Gasteiger partial charge in [-0.1, -0.05) is 30.3 Å². The number of anilines is 1. The third-order valence-electron chi connectivity index (χ3n) is 6.06. The third-order valence-corrected chi connectivity index (χ3v) is 6.06. The van der Waals surface area contributed by atoms with E-state index in [4.69, 9.17) is 4.98 Å². The lowest BCUT2D eigenvalue weighted by Gasteiger charge is -2.18. The number of amides is 1. The number of fused-ring (bicyclic) bond motifs is 2. The molecule has 31 heavy (non-hydrogen) atoms. The molecule has 0 bridgehead atoms. The van der Waals surface area contributed by atoms with E-state index in [2.05, 4.69) is 11.2 Å². The van der Waals surface area contributed by atoms with Crippen LogP contribution in [-0.2, 0) is 17.6 Å². The van der Waals surface area contributed by atoms with E-state index < -0.39 is 0 Å². The number of carbonyl (C=O) groups is 1. The number of aromatic nitrogens is 3. The summed E-state index contributed by atoms with van der Waals surface area (Å²) in [5.41, 5.74) is 7.25. The molecule has 0 radical (unpaired) electrons. The van der Waals surface area contributed by atoms with Gasteiger partial charge in [-0.05, 0) is 56.0 Å². The highest BCUT2D eigenvalue weighted by Gasteiger charge is 2.24. The molecular formula is C25H23FN4O. The van der Waals surface area contributed by atoms with E-state index in [1.54, 1.807) is 10.6 Å². The highest BCUT2D eigenvalue weighted by Crippen LogP contribution is 2.29. The molecule has 1 amide bonds. The summed E-state index contributed by atoms with van der Waals surface area (Å²) in [6.45, 7) is 4.70. The minimum absolute atomic E-state index is 0.129. The molecule has 1 aliphatic rings. The monoisotopic (exact) mass is 414 g/mol. The first-order valence-electron chi connectivity index (χ1n) is 10.5. The van der Waals surface area contributed by atoms with E-state index in [-0.39, 0.29) is 11.7 Å². The quantitative estimate of drug-likeness (QED) is 0.487. The van der Waals surface area contributed by atoms with Gasteiger partial charge in [-0.2, -0.15) is 5.10 Å². The van der Waals surface area contributed by atoms with Crippen LogP contribution in [0.25, 0.3) is 16.9 Å². The fourth-order valence-corrected chi connectivity index (χ4v) is 4.44. The van der Waals surface area contributed by atoms with Crippen LogP contribution in [0.4, 0.5) is 10.1 Å². The Morgan fingerprint density at radius 3 is 2.77 bits per heavy atom. The molecule has 6 heteroatoms. The van der Waals surface area contributed by atoms with Crippen molar-refractivity contribution in [2.45, 2.75) is 33.1 Å². The van der Waals surface area contributed by atoms with Crippen LogP contribution in [0, 0.1) is 19.7 Å². The van der Waals surface area contributed by atoms with E-state index in [1.165, 1.54) is 17.7 Å². The number of rotatable bonds is 4. The Balaban J connectivity index is 1.41. The number of halogens is 1. The van der Waals surface area contributed by atoms with Crippen LogP contribution < -0.4 is 4.90 Å². The first kappa shape index (κ1) is 19.4. The summed E-state index contributed by atoms with van der Waals surface area (Å²) >= 11 is 0. The second-order valence-electron chi connectivity index (χ2n) is 8.00. The van der Waals surface area contributed by atoms with Gasteiger partial charge in [-0.25, -0.2) is 13.9 Å². The van der Waals surface area contributed by atoms with Crippen LogP contribution in [0.1, 0.15) is 28.9 Å². The molecule has 0 N–H and O–H groups in total. The van der Waals surface area contributed by atoms with Gasteiger partial charge in [0, 0.05) is 41.7 Å². The van der Waals surface area contributed by atoms with Gasteiger partial charge >= 0.3 is 0 Å². The first-order chi connectivity index (χ1) is 15.0. The molecule has 4 aromatic rings. The molecule has 2 aromatic carbocycles. The smallest absolute Gasteiger partial charge is 0.227 e. The number of nitrogens with zero attached hydrogens (tertiary/aromatic N) is 4. The fourth-order valence-electron chi connectivity index (χ4n) is 4.44. The zero-order valence-corrected chi connectivity index (χ0v) is 17.6. The van der Waals surface area contributed by atoms with Crippen molar-refractivity contribution < 1.29 is 9.18 Å². The zero-order chi connectivity index (χ0) is 21.5. The van der Waals surface area contributed by atoms with Gasteiger partial charge in [0.05, 0.1) is 5.69 Å². The number of para-hydroxylation sites is 1. The average molecular weight is 414 g/mol. The molecule has 0 aliphatic carbocycles. The first-order valence-corrected chi connectivity index (χ1v) is 10.5. The molecule has 5 nitrogen and oxygen atoms in total. The van der Waals surface area contributed by atoms with Gasteiger partial charge in [0.15, 0.2) is 5.65 Å². The average Bonchev–Trinajstić information content (AvgIpc) is 3.38. The largest absolute Gasteiger partial charge is 0.312 e. The number of hydrogen-bond donors (Lipinski definition) is 0. The summed E-state index contributed by atoms with van der Waals surface area (Å²) in [5, 5.41) is 4.65. The van der Waals surface area contributed by atoms with Crippen LogP contribution >= 0.6 is 0 Å². The maximum atomic E-state index is 13.6. The standard InChI is InChI=1S/C25H23FN4O/c1-16-21(10-11-25(31)29-13-12-18-6-3-4-9-23(18)29)17(2)30-24(27-16)15-22(28-30)19-7-5-8-20(26)14-19/h3-9,14-15H,10-13H2,1-2H3. The molecule has 0 spiro atoms. The minimum Gasteiger partial charge on any atom is -0.312 e. The van der Waals surface area contributed by atoms with Crippen LogP contribution in [0.3, 0.4) is 0 Å². The second-order valence-corrected chi connectivity index (χ2v) is 8.00. The van der Waals surface area contributed by atoms with E-state index >= 15 is 0 Å². The molecule has 0 saturated heterocycles. The van der Waals surface area contributed by atoms with Crippen molar-refractivity contribution in [2.75, 3.05) is 11.4 Å². The molecule has 156 valence electrons. The normalized spacial score (nSPS) is 13.1. The second kappa shape index (κ2) is 7.61. The fraction of sp³-hybridized carbons (Fsp3) is 0.240. The van der Waals surface area contributed by atoms with Crippen molar-refractivity contribution in [1.29, 1.82) is 0 Å². The molecular weight excluding hydrogens is 391 g/mol. The lowest BCUT2D eigenvalue weighted by Crippen LogP contribution is -2.29. The topological polar surface area (TPSA) is 50.5 Å². The Hall–Kier alpha value is -3.54. The number of carbonyl (C=O) groups excluding carboxylic acids is 1. The minimum atomic E-state index is -0.293. The van der Waals surface area contributed by atoms with Crippen LogP contribution in [0.15, 0.2) is 54.6 Å². The lowest BCUT2D eigenvalue weighted by atomic mass is 10.1. The van der Waals surface area contributed by atoms with Crippen LogP contribution in [0.2, 0.25) is 0 Å². The van der Waals surface area contributed by atoms with Crippen molar-refractivity contribution in [3.63, 3.8) is 0 Å². The predicted octanol–water partition coefficient (Wildman–Crippen LogP) is 4.67. The summed E-state index contributed by atoms with van der Waals surface area (Å²) in [5.74, 6) is -0.164. The predicted molar refractivity (Wildman–Crippen MR) is 119 cm³/mol. The third kappa shape index (κ3) is 3.48. The Morgan fingerprint density at radius 1 is 1.10 bits per heavy atom. The van der Waals surface area contributed by atoms with Crippen molar-refractivity contribution in [3.8, 4) is 11.3 Å². The van der Waals surface area contributed by atoms with Gasteiger partial charge in [0.25, 0.3) is 0 Å².